The van der Waals surface area contributed by atoms with Crippen molar-refractivity contribution in [1.82, 2.24) is 5.32 Å². The van der Waals surface area contributed by atoms with Crippen molar-refractivity contribution in [3.63, 3.8) is 0 Å². The number of carbonyl (C=O) groups excluding carboxylic acids is 1. The summed E-state index contributed by atoms with van der Waals surface area (Å²) in [6.45, 7) is 1.47. The maximum absolute atomic E-state index is 13.1. The minimum atomic E-state index is -4.90. The molecule has 0 saturated carbocycles. The molecule has 0 fully saturated rings. The molecule has 0 bridgehead atoms. The van der Waals surface area contributed by atoms with Crippen LogP contribution in [0.15, 0.2) is 18.2 Å². The second kappa shape index (κ2) is 9.52. The van der Waals surface area contributed by atoms with Crippen LogP contribution < -0.4 is 10.2 Å². The topological polar surface area (TPSA) is 65.4 Å². The van der Waals surface area contributed by atoms with Gasteiger partial charge in [-0.3, -0.25) is 0 Å². The Hall–Kier alpha value is -2.64. The van der Waals surface area contributed by atoms with Gasteiger partial charge in [-0.05, 0) is 24.1 Å². The number of carbonyl (C=O) groups is 1. The van der Waals surface area contributed by atoms with Gasteiger partial charge < -0.3 is 15.0 Å². The van der Waals surface area contributed by atoms with Crippen molar-refractivity contribution in [2.24, 2.45) is 5.92 Å². The average Bonchev–Trinajstić information content (AvgIpc) is 2.56. The molecule has 0 aliphatic heterocycles. The molecule has 0 spiro atoms. The number of anilines is 1. The smallest absolute Gasteiger partial charge is 0.417 e. The lowest BCUT2D eigenvalue weighted by atomic mass is 10.1. The van der Waals surface area contributed by atoms with E-state index in [0.29, 0.717) is 11.0 Å². The monoisotopic (exact) mass is 411 g/mol. The predicted octanol–water partition coefficient (Wildman–Crippen LogP) is 4.33. The maximum Gasteiger partial charge on any atom is 0.417 e. The van der Waals surface area contributed by atoms with Crippen LogP contribution in [0.4, 0.5) is 36.8 Å². The zero-order chi connectivity index (χ0) is 21.5. The third-order valence-corrected chi connectivity index (χ3v) is 3.36. The molecule has 0 heterocycles. The van der Waals surface area contributed by atoms with Crippen molar-refractivity contribution in [3.05, 3.63) is 29.3 Å². The number of nitrogens with one attached hydrogen (secondary N) is 1. The number of benzene rings is 1. The number of nitrogens with zero attached hydrogens (tertiary/aromatic N) is 2. The van der Waals surface area contributed by atoms with E-state index in [4.69, 9.17) is 10.00 Å². The first kappa shape index (κ1) is 23.4. The Bertz CT molecular complexity index is 710. The Morgan fingerprint density at radius 1 is 1.25 bits per heavy atom. The number of halogens is 6. The lowest BCUT2D eigenvalue weighted by Crippen LogP contribution is -2.40. The van der Waals surface area contributed by atoms with Crippen LogP contribution in [0.3, 0.4) is 0 Å². The summed E-state index contributed by atoms with van der Waals surface area (Å²) >= 11 is 0. The number of nitriles is 1. The minimum absolute atomic E-state index is 0.0620. The molecule has 5 nitrogen and oxygen atoms in total. The molecule has 0 aliphatic rings. The highest BCUT2D eigenvalue weighted by atomic mass is 19.4. The molecule has 0 aliphatic carbocycles. The van der Waals surface area contributed by atoms with E-state index in [1.165, 1.54) is 6.07 Å². The van der Waals surface area contributed by atoms with Crippen molar-refractivity contribution in [1.29, 1.82) is 5.26 Å². The van der Waals surface area contributed by atoms with Gasteiger partial charge in [0.1, 0.15) is 6.54 Å². The van der Waals surface area contributed by atoms with Gasteiger partial charge in [-0.1, -0.05) is 13.8 Å². The molecule has 156 valence electrons. The predicted molar refractivity (Wildman–Crippen MR) is 88.6 cm³/mol. The number of hydrogen-bond acceptors (Lipinski definition) is 4. The molecule has 0 aromatic heterocycles. The molecule has 11 heteroatoms. The molecule has 28 heavy (non-hydrogen) atoms. The number of ether oxygens (including phenoxy) is 1. The highest BCUT2D eigenvalue weighted by Gasteiger charge is 2.36. The van der Waals surface area contributed by atoms with Gasteiger partial charge in [-0.2, -0.15) is 31.6 Å². The highest BCUT2D eigenvalue weighted by Crippen LogP contribution is 2.35. The SMILES string of the molecule is CC(C)COC(=O)NCCN(CC(F)(F)F)c1ccc(C#N)c(C(F)(F)F)c1. The molecule has 1 aromatic carbocycles. The van der Waals surface area contributed by atoms with E-state index in [9.17, 15) is 31.1 Å². The number of alkyl halides is 6. The Morgan fingerprint density at radius 3 is 2.39 bits per heavy atom. The van der Waals surface area contributed by atoms with Crippen molar-refractivity contribution < 1.29 is 35.9 Å². The Labute approximate surface area is 157 Å². The van der Waals surface area contributed by atoms with E-state index < -0.39 is 42.7 Å². The van der Waals surface area contributed by atoms with Crippen LogP contribution in [0, 0.1) is 17.2 Å². The van der Waals surface area contributed by atoms with E-state index in [-0.39, 0.29) is 24.8 Å². The van der Waals surface area contributed by atoms with Gasteiger partial charge >= 0.3 is 18.4 Å². The second-order valence-corrected chi connectivity index (χ2v) is 6.30. The van der Waals surface area contributed by atoms with Crippen LogP contribution >= 0.6 is 0 Å². The zero-order valence-corrected chi connectivity index (χ0v) is 15.1. The summed E-state index contributed by atoms with van der Waals surface area (Å²) in [5.41, 5.74) is -2.40. The van der Waals surface area contributed by atoms with Crippen molar-refractivity contribution >= 4 is 11.8 Å². The zero-order valence-electron chi connectivity index (χ0n) is 15.1. The molecule has 1 rings (SSSR count). The van der Waals surface area contributed by atoms with E-state index in [2.05, 4.69) is 5.32 Å². The van der Waals surface area contributed by atoms with Crippen LogP contribution in [0.5, 0.6) is 0 Å². The number of amides is 1. The van der Waals surface area contributed by atoms with Gasteiger partial charge in [0.2, 0.25) is 0 Å². The average molecular weight is 411 g/mol. The fraction of sp³-hybridized carbons (Fsp3) is 0.529. The minimum Gasteiger partial charge on any atom is -0.449 e. The third kappa shape index (κ3) is 7.94. The summed E-state index contributed by atoms with van der Waals surface area (Å²) in [6, 6.07) is 3.66. The third-order valence-electron chi connectivity index (χ3n) is 3.36. The second-order valence-electron chi connectivity index (χ2n) is 6.30. The number of rotatable bonds is 7. The highest BCUT2D eigenvalue weighted by molar-refractivity contribution is 5.67. The Morgan fingerprint density at radius 2 is 1.89 bits per heavy atom. The molecule has 0 atom stereocenters. The Balaban J connectivity index is 2.96. The number of hydrogen-bond donors (Lipinski definition) is 1. The van der Waals surface area contributed by atoms with Gasteiger partial charge in [0.15, 0.2) is 0 Å². The molecular weight excluding hydrogens is 392 g/mol. The lowest BCUT2D eigenvalue weighted by molar-refractivity contribution is -0.137. The van der Waals surface area contributed by atoms with E-state index in [1.807, 2.05) is 0 Å². The molecule has 1 amide bonds. The summed E-state index contributed by atoms with van der Waals surface area (Å²) in [6.07, 6.45) is -10.4. The van der Waals surface area contributed by atoms with Crippen LogP contribution in [-0.4, -0.2) is 38.5 Å². The normalized spacial score (nSPS) is 11.9. The van der Waals surface area contributed by atoms with Gasteiger partial charge in [0.25, 0.3) is 0 Å². The molecular formula is C17H19F6N3O2. The standard InChI is InChI=1S/C17H19F6N3O2/c1-11(2)9-28-15(27)25-5-6-26(10-16(18,19)20)13-4-3-12(8-24)14(7-13)17(21,22)23/h3-4,7,11H,5-6,9-10H2,1-2H3,(H,25,27). The Kier molecular flexibility index (Phi) is 7.96. The number of alkyl carbamates (subject to hydrolysis) is 1. The summed E-state index contributed by atoms with van der Waals surface area (Å²) in [7, 11) is 0. The van der Waals surface area contributed by atoms with Gasteiger partial charge in [-0.25, -0.2) is 4.79 Å². The summed E-state index contributed by atoms with van der Waals surface area (Å²) in [5, 5.41) is 11.0. The van der Waals surface area contributed by atoms with Gasteiger partial charge in [0.05, 0.1) is 23.8 Å². The van der Waals surface area contributed by atoms with Gasteiger partial charge in [0, 0.05) is 18.8 Å². The van der Waals surface area contributed by atoms with Crippen LogP contribution in [-0.2, 0) is 10.9 Å². The molecule has 0 radical (unpaired) electrons. The van der Waals surface area contributed by atoms with E-state index in [1.54, 1.807) is 13.8 Å². The maximum atomic E-state index is 13.1. The lowest BCUT2D eigenvalue weighted by Gasteiger charge is -2.27. The largest absolute Gasteiger partial charge is 0.449 e. The summed E-state index contributed by atoms with van der Waals surface area (Å²) < 4.78 is 82.5. The van der Waals surface area contributed by atoms with Gasteiger partial charge in [-0.15, -0.1) is 0 Å². The molecule has 0 unspecified atom stereocenters. The van der Waals surface area contributed by atoms with E-state index >= 15 is 0 Å². The first-order valence-electron chi connectivity index (χ1n) is 8.17. The van der Waals surface area contributed by atoms with Crippen molar-refractivity contribution in [3.8, 4) is 6.07 Å². The summed E-state index contributed by atoms with van der Waals surface area (Å²) in [4.78, 5) is 12.1. The molecule has 1 aromatic rings. The van der Waals surface area contributed by atoms with E-state index in [0.717, 1.165) is 12.1 Å². The fourth-order valence-corrected chi connectivity index (χ4v) is 2.16. The van der Waals surface area contributed by atoms with Crippen molar-refractivity contribution in [2.75, 3.05) is 31.1 Å². The first-order chi connectivity index (χ1) is 12.8. The first-order valence-corrected chi connectivity index (χ1v) is 8.17. The van der Waals surface area contributed by atoms with Crippen LogP contribution in [0.2, 0.25) is 0 Å². The fourth-order valence-electron chi connectivity index (χ4n) is 2.16. The molecule has 0 saturated heterocycles. The summed E-state index contributed by atoms with van der Waals surface area (Å²) in [5.74, 6) is 0.0620. The van der Waals surface area contributed by atoms with Crippen molar-refractivity contribution in [2.45, 2.75) is 26.2 Å². The quantitative estimate of drug-likeness (QED) is 0.679. The van der Waals surface area contributed by atoms with Crippen LogP contribution in [0.1, 0.15) is 25.0 Å². The van der Waals surface area contributed by atoms with Crippen LogP contribution in [0.25, 0.3) is 0 Å². The molecule has 1 N–H and O–H groups in total.